The van der Waals surface area contributed by atoms with E-state index >= 15 is 0 Å². The first-order valence-corrected chi connectivity index (χ1v) is 7.25. The third-order valence-corrected chi connectivity index (χ3v) is 3.70. The Bertz CT molecular complexity index is 921. The maximum Gasteiger partial charge on any atom is 0.240 e. The van der Waals surface area contributed by atoms with E-state index in [4.69, 9.17) is 0 Å². The second-order valence-electron chi connectivity index (χ2n) is 5.49. The summed E-state index contributed by atoms with van der Waals surface area (Å²) in [5, 5.41) is 2.65. The molecule has 3 aromatic rings. The third kappa shape index (κ3) is 3.24. The van der Waals surface area contributed by atoms with Gasteiger partial charge in [0.1, 0.15) is 12.4 Å². The molecule has 0 unspecified atom stereocenters. The van der Waals surface area contributed by atoms with Gasteiger partial charge in [-0.1, -0.05) is 12.1 Å². The lowest BCUT2D eigenvalue weighted by molar-refractivity contribution is -0.121. The number of benzene rings is 2. The molecular formula is C17H14F3N3O. The van der Waals surface area contributed by atoms with Gasteiger partial charge in [-0.25, -0.2) is 18.2 Å². The van der Waals surface area contributed by atoms with Crippen LogP contribution in [0.15, 0.2) is 36.7 Å². The molecule has 0 aliphatic rings. The standard InChI is InChI=1S/C17H14F3N3O/c1-10-2-3-11(4-12(10)18)7-21-17(24)8-23-9-22-15-5-13(19)14(20)6-16(15)23/h2-6,9H,7-8H2,1H3,(H,21,24). The summed E-state index contributed by atoms with van der Waals surface area (Å²) in [7, 11) is 0. The predicted octanol–water partition coefficient (Wildman–Crippen LogP) is 3.08. The number of hydrogen-bond acceptors (Lipinski definition) is 2. The number of aromatic nitrogens is 2. The number of imidazole rings is 1. The lowest BCUT2D eigenvalue weighted by Gasteiger charge is -2.08. The Labute approximate surface area is 135 Å². The van der Waals surface area contributed by atoms with Gasteiger partial charge in [-0.15, -0.1) is 0 Å². The van der Waals surface area contributed by atoms with Crippen LogP contribution in [-0.2, 0) is 17.9 Å². The van der Waals surface area contributed by atoms with Gasteiger partial charge >= 0.3 is 0 Å². The van der Waals surface area contributed by atoms with Crippen molar-refractivity contribution >= 4 is 16.9 Å². The van der Waals surface area contributed by atoms with Crippen LogP contribution >= 0.6 is 0 Å². The maximum atomic E-state index is 13.5. The molecule has 0 radical (unpaired) electrons. The van der Waals surface area contributed by atoms with Crippen molar-refractivity contribution in [2.45, 2.75) is 20.0 Å². The van der Waals surface area contributed by atoms with E-state index < -0.39 is 11.6 Å². The zero-order valence-corrected chi connectivity index (χ0v) is 12.8. The molecular weight excluding hydrogens is 319 g/mol. The SMILES string of the molecule is Cc1ccc(CNC(=O)Cn2cnc3cc(F)c(F)cc32)cc1F. The molecule has 4 nitrogen and oxygen atoms in total. The molecule has 1 aromatic heterocycles. The minimum absolute atomic E-state index is 0.101. The van der Waals surface area contributed by atoms with E-state index in [1.807, 2.05) is 0 Å². The number of amides is 1. The first-order chi connectivity index (χ1) is 11.4. The van der Waals surface area contributed by atoms with Crippen molar-refractivity contribution in [1.82, 2.24) is 14.9 Å². The average Bonchev–Trinajstić information content (AvgIpc) is 2.91. The summed E-state index contributed by atoms with van der Waals surface area (Å²) in [4.78, 5) is 15.9. The van der Waals surface area contributed by atoms with E-state index in [9.17, 15) is 18.0 Å². The van der Waals surface area contributed by atoms with E-state index in [-0.39, 0.29) is 30.3 Å². The number of hydrogen-bond donors (Lipinski definition) is 1. The summed E-state index contributed by atoms with van der Waals surface area (Å²) in [6.07, 6.45) is 1.34. The summed E-state index contributed by atoms with van der Waals surface area (Å²) in [5.41, 5.74) is 1.76. The lowest BCUT2D eigenvalue weighted by Crippen LogP contribution is -2.26. The van der Waals surface area contributed by atoms with Crippen LogP contribution in [0.2, 0.25) is 0 Å². The smallest absolute Gasteiger partial charge is 0.240 e. The van der Waals surface area contributed by atoms with Crippen LogP contribution in [0, 0.1) is 24.4 Å². The number of rotatable bonds is 4. The monoisotopic (exact) mass is 333 g/mol. The van der Waals surface area contributed by atoms with E-state index in [0.29, 0.717) is 16.6 Å². The van der Waals surface area contributed by atoms with Crippen molar-refractivity contribution in [3.05, 3.63) is 65.2 Å². The molecule has 0 spiro atoms. The molecule has 0 aliphatic carbocycles. The first-order valence-electron chi connectivity index (χ1n) is 7.25. The van der Waals surface area contributed by atoms with Crippen LogP contribution in [-0.4, -0.2) is 15.5 Å². The summed E-state index contributed by atoms with van der Waals surface area (Å²) in [5.74, 6) is -2.67. The van der Waals surface area contributed by atoms with E-state index in [0.717, 1.165) is 12.1 Å². The summed E-state index contributed by atoms with van der Waals surface area (Å²) in [6, 6.07) is 6.70. The molecule has 124 valence electrons. The molecule has 24 heavy (non-hydrogen) atoms. The van der Waals surface area contributed by atoms with Crippen molar-refractivity contribution in [3.63, 3.8) is 0 Å². The molecule has 1 heterocycles. The maximum absolute atomic E-state index is 13.5. The second kappa shape index (κ2) is 6.35. The number of nitrogens with zero attached hydrogens (tertiary/aromatic N) is 2. The fourth-order valence-corrected chi connectivity index (χ4v) is 2.34. The van der Waals surface area contributed by atoms with E-state index in [1.54, 1.807) is 19.1 Å². The van der Waals surface area contributed by atoms with E-state index in [1.165, 1.54) is 17.0 Å². The Morgan fingerprint density at radius 1 is 1.12 bits per heavy atom. The number of halogens is 3. The fraction of sp³-hybridized carbons (Fsp3) is 0.176. The van der Waals surface area contributed by atoms with Gasteiger partial charge in [-0.2, -0.15) is 0 Å². The molecule has 0 aliphatic heterocycles. The number of nitrogens with one attached hydrogen (secondary N) is 1. The van der Waals surface area contributed by atoms with Crippen LogP contribution in [0.3, 0.4) is 0 Å². The van der Waals surface area contributed by atoms with Crippen molar-refractivity contribution in [1.29, 1.82) is 0 Å². The van der Waals surface area contributed by atoms with Crippen molar-refractivity contribution in [2.24, 2.45) is 0 Å². The zero-order valence-electron chi connectivity index (χ0n) is 12.8. The number of fused-ring (bicyclic) bond motifs is 1. The van der Waals surface area contributed by atoms with Crippen LogP contribution in [0.1, 0.15) is 11.1 Å². The highest BCUT2D eigenvalue weighted by molar-refractivity contribution is 5.80. The molecule has 1 N–H and O–H groups in total. The van der Waals surface area contributed by atoms with Gasteiger partial charge in [-0.05, 0) is 24.1 Å². The van der Waals surface area contributed by atoms with Crippen LogP contribution in [0.25, 0.3) is 11.0 Å². The highest BCUT2D eigenvalue weighted by Crippen LogP contribution is 2.17. The van der Waals surface area contributed by atoms with Gasteiger partial charge in [0.2, 0.25) is 5.91 Å². The second-order valence-corrected chi connectivity index (χ2v) is 5.49. The molecule has 7 heteroatoms. The molecule has 0 bridgehead atoms. The van der Waals surface area contributed by atoms with Gasteiger partial charge in [0, 0.05) is 18.7 Å². The largest absolute Gasteiger partial charge is 0.350 e. The highest BCUT2D eigenvalue weighted by Gasteiger charge is 2.11. The summed E-state index contributed by atoms with van der Waals surface area (Å²) >= 11 is 0. The quantitative estimate of drug-likeness (QED) is 0.798. The van der Waals surface area contributed by atoms with Crippen molar-refractivity contribution in [2.75, 3.05) is 0 Å². The van der Waals surface area contributed by atoms with Crippen LogP contribution < -0.4 is 5.32 Å². The predicted molar refractivity (Wildman–Crippen MR) is 82.6 cm³/mol. The summed E-state index contributed by atoms with van der Waals surface area (Å²) < 4.78 is 41.4. The van der Waals surface area contributed by atoms with Crippen molar-refractivity contribution in [3.8, 4) is 0 Å². The molecule has 0 saturated carbocycles. The molecule has 1 amide bonds. The van der Waals surface area contributed by atoms with Crippen LogP contribution in [0.4, 0.5) is 13.2 Å². The molecule has 3 rings (SSSR count). The van der Waals surface area contributed by atoms with Gasteiger partial charge in [0.25, 0.3) is 0 Å². The Hall–Kier alpha value is -2.83. The average molecular weight is 333 g/mol. The lowest BCUT2D eigenvalue weighted by atomic mass is 10.1. The minimum Gasteiger partial charge on any atom is -0.350 e. The Morgan fingerprint density at radius 3 is 2.62 bits per heavy atom. The third-order valence-electron chi connectivity index (χ3n) is 3.70. The topological polar surface area (TPSA) is 46.9 Å². The number of aryl methyl sites for hydroxylation is 1. The highest BCUT2D eigenvalue weighted by atomic mass is 19.2. The normalized spacial score (nSPS) is 11.0. The Balaban J connectivity index is 1.68. The van der Waals surface area contributed by atoms with Gasteiger partial charge in [0.05, 0.1) is 17.4 Å². The zero-order chi connectivity index (χ0) is 17.3. The van der Waals surface area contributed by atoms with E-state index in [2.05, 4.69) is 10.3 Å². The van der Waals surface area contributed by atoms with Crippen molar-refractivity contribution < 1.29 is 18.0 Å². The Morgan fingerprint density at radius 2 is 1.88 bits per heavy atom. The van der Waals surface area contributed by atoms with Gasteiger partial charge in [-0.3, -0.25) is 4.79 Å². The van der Waals surface area contributed by atoms with Gasteiger partial charge in [0.15, 0.2) is 11.6 Å². The van der Waals surface area contributed by atoms with Crippen LogP contribution in [0.5, 0.6) is 0 Å². The van der Waals surface area contributed by atoms with Gasteiger partial charge < -0.3 is 9.88 Å². The number of carbonyl (C=O) groups excluding carboxylic acids is 1. The first kappa shape index (κ1) is 16.0. The molecule has 0 atom stereocenters. The fourth-order valence-electron chi connectivity index (χ4n) is 2.34. The molecule has 0 saturated heterocycles. The minimum atomic E-state index is -1.00. The summed E-state index contributed by atoms with van der Waals surface area (Å²) in [6.45, 7) is 1.73. The Kier molecular flexibility index (Phi) is 4.24. The molecule has 0 fully saturated rings. The molecule has 2 aromatic carbocycles. The number of carbonyl (C=O) groups is 1.